The lowest BCUT2D eigenvalue weighted by Gasteiger charge is -2.33. The molecule has 1 aliphatic carbocycles. The van der Waals surface area contributed by atoms with E-state index >= 15 is 0 Å². The summed E-state index contributed by atoms with van der Waals surface area (Å²) in [6, 6.07) is -0.985. The van der Waals surface area contributed by atoms with Crippen LogP contribution in [-0.2, 0) is 19.4 Å². The van der Waals surface area contributed by atoms with E-state index in [1.807, 2.05) is 0 Å². The summed E-state index contributed by atoms with van der Waals surface area (Å²) in [5.74, 6) is 1.92. The van der Waals surface area contributed by atoms with Gasteiger partial charge in [0.2, 0.25) is 0 Å². The number of sulfone groups is 1. The summed E-state index contributed by atoms with van der Waals surface area (Å²) >= 11 is 0. The zero-order chi connectivity index (χ0) is 20.5. The lowest BCUT2D eigenvalue weighted by Crippen LogP contribution is -2.53. The number of carbonyl (C=O) groups excluding carboxylic acids is 3. The number of carbonyl (C=O) groups is 3. The highest BCUT2D eigenvalue weighted by Gasteiger charge is 2.53. The van der Waals surface area contributed by atoms with Gasteiger partial charge in [-0.15, -0.1) is 6.42 Å². The molecule has 0 aromatic heterocycles. The molecule has 0 bridgehead atoms. The maximum absolute atomic E-state index is 12.8. The predicted molar refractivity (Wildman–Crippen MR) is 101 cm³/mol. The molecule has 1 atom stereocenters. The second kappa shape index (κ2) is 7.72. The molecule has 0 aromatic carbocycles. The van der Waals surface area contributed by atoms with E-state index in [1.165, 1.54) is 0 Å². The van der Waals surface area contributed by atoms with Crippen LogP contribution in [0.25, 0.3) is 0 Å². The lowest BCUT2D eigenvalue weighted by atomic mass is 9.77. The molecule has 2 aliphatic heterocycles. The Morgan fingerprint density at radius 3 is 2.61 bits per heavy atom. The van der Waals surface area contributed by atoms with Gasteiger partial charge in [0.15, 0.2) is 9.84 Å². The van der Waals surface area contributed by atoms with Gasteiger partial charge in [0.1, 0.15) is 5.54 Å². The van der Waals surface area contributed by atoms with Gasteiger partial charge in [0, 0.05) is 6.04 Å². The normalized spacial score (nSPS) is 31.8. The third-order valence-electron chi connectivity index (χ3n) is 5.89. The summed E-state index contributed by atoms with van der Waals surface area (Å²) in [6.45, 7) is 2.03. The third kappa shape index (κ3) is 4.15. The van der Waals surface area contributed by atoms with Gasteiger partial charge in [-0.2, -0.15) is 5.01 Å². The van der Waals surface area contributed by atoms with Crippen molar-refractivity contribution in [1.29, 1.82) is 0 Å². The fourth-order valence-electron chi connectivity index (χ4n) is 4.15. The molecule has 4 amide bonds. The van der Waals surface area contributed by atoms with Gasteiger partial charge >= 0.3 is 6.03 Å². The van der Waals surface area contributed by atoms with Crippen molar-refractivity contribution in [2.75, 3.05) is 24.6 Å². The average molecular weight is 410 g/mol. The standard InChI is InChI=1S/C18H26N4O5S/c1-3-9-21(14-6-10-28(26,27)12-14)11-15(23)20-22-16(24)18(19-17(22)25)7-4-13(2)5-8-18/h1,13-14H,4-12H2,2H3,(H,19,25)(H,20,23). The molecule has 154 valence electrons. The summed E-state index contributed by atoms with van der Waals surface area (Å²) in [4.78, 5) is 39.1. The topological polar surface area (TPSA) is 116 Å². The number of hydrogen-bond acceptors (Lipinski definition) is 6. The molecule has 9 nitrogen and oxygen atoms in total. The Morgan fingerprint density at radius 1 is 1.36 bits per heavy atom. The molecule has 2 heterocycles. The van der Waals surface area contributed by atoms with Crippen molar-refractivity contribution in [3.8, 4) is 12.3 Å². The molecule has 3 fully saturated rings. The van der Waals surface area contributed by atoms with Gasteiger partial charge in [-0.3, -0.25) is 19.9 Å². The van der Waals surface area contributed by atoms with Crippen molar-refractivity contribution in [2.45, 2.75) is 50.6 Å². The molecule has 0 aromatic rings. The Bertz CT molecular complexity index is 810. The van der Waals surface area contributed by atoms with Crippen LogP contribution in [0.3, 0.4) is 0 Å². The third-order valence-corrected chi connectivity index (χ3v) is 7.64. The summed E-state index contributed by atoms with van der Waals surface area (Å²) in [5, 5.41) is 3.48. The highest BCUT2D eigenvalue weighted by molar-refractivity contribution is 7.91. The van der Waals surface area contributed by atoms with E-state index < -0.39 is 33.2 Å². The number of amides is 4. The average Bonchev–Trinajstić information content (AvgIpc) is 3.10. The van der Waals surface area contributed by atoms with Crippen molar-refractivity contribution in [3.63, 3.8) is 0 Å². The van der Waals surface area contributed by atoms with Gasteiger partial charge in [0.25, 0.3) is 11.8 Å². The number of imide groups is 1. The first-order chi connectivity index (χ1) is 13.2. The molecule has 0 radical (unpaired) electrons. The van der Waals surface area contributed by atoms with Crippen LogP contribution in [0.2, 0.25) is 0 Å². The molecule has 28 heavy (non-hydrogen) atoms. The fraction of sp³-hybridized carbons (Fsp3) is 0.722. The number of rotatable bonds is 5. The van der Waals surface area contributed by atoms with Crippen molar-refractivity contribution >= 4 is 27.7 Å². The first kappa shape index (κ1) is 20.6. The summed E-state index contributed by atoms with van der Waals surface area (Å²) in [6.07, 6.45) is 8.52. The number of nitrogens with one attached hydrogen (secondary N) is 2. The quantitative estimate of drug-likeness (QED) is 0.472. The van der Waals surface area contributed by atoms with Gasteiger partial charge in [-0.1, -0.05) is 12.8 Å². The van der Waals surface area contributed by atoms with Crippen LogP contribution in [0.1, 0.15) is 39.0 Å². The van der Waals surface area contributed by atoms with Crippen LogP contribution in [0.4, 0.5) is 4.79 Å². The van der Waals surface area contributed by atoms with Crippen LogP contribution < -0.4 is 10.7 Å². The van der Waals surface area contributed by atoms with Crippen molar-refractivity contribution in [3.05, 3.63) is 0 Å². The Labute approximate surface area is 165 Å². The second-order valence-corrected chi connectivity index (χ2v) is 10.3. The predicted octanol–water partition coefficient (Wildman–Crippen LogP) is -0.359. The summed E-state index contributed by atoms with van der Waals surface area (Å²) in [7, 11) is -3.13. The van der Waals surface area contributed by atoms with E-state index in [2.05, 4.69) is 23.6 Å². The lowest BCUT2D eigenvalue weighted by molar-refractivity contribution is -0.140. The largest absolute Gasteiger partial charge is 0.344 e. The van der Waals surface area contributed by atoms with Crippen LogP contribution in [0.15, 0.2) is 0 Å². The van der Waals surface area contributed by atoms with Crippen molar-refractivity contribution in [1.82, 2.24) is 20.7 Å². The highest BCUT2D eigenvalue weighted by Crippen LogP contribution is 2.35. The number of hydrogen-bond donors (Lipinski definition) is 2. The van der Waals surface area contributed by atoms with E-state index in [-0.39, 0.29) is 30.6 Å². The van der Waals surface area contributed by atoms with Gasteiger partial charge in [-0.25, -0.2) is 13.2 Å². The fourth-order valence-corrected chi connectivity index (χ4v) is 5.92. The van der Waals surface area contributed by atoms with Gasteiger partial charge in [-0.05, 0) is 38.0 Å². The van der Waals surface area contributed by atoms with E-state index in [1.54, 1.807) is 4.90 Å². The van der Waals surface area contributed by atoms with E-state index in [4.69, 9.17) is 6.42 Å². The Morgan fingerprint density at radius 2 is 2.04 bits per heavy atom. The monoisotopic (exact) mass is 410 g/mol. The molecular weight excluding hydrogens is 384 g/mol. The molecule has 1 unspecified atom stereocenters. The van der Waals surface area contributed by atoms with Crippen LogP contribution >= 0.6 is 0 Å². The Hall–Kier alpha value is -2.12. The molecule has 1 saturated carbocycles. The molecular formula is C18H26N4O5S. The number of hydrazine groups is 1. The van der Waals surface area contributed by atoms with Crippen LogP contribution in [0.5, 0.6) is 0 Å². The van der Waals surface area contributed by atoms with E-state index in [9.17, 15) is 22.8 Å². The van der Waals surface area contributed by atoms with Crippen molar-refractivity contribution < 1.29 is 22.8 Å². The maximum Gasteiger partial charge on any atom is 0.344 e. The Balaban J connectivity index is 1.63. The number of terminal acetylenes is 1. The SMILES string of the molecule is C#CCN(CC(=O)NN1C(=O)NC2(CCC(C)CC2)C1=O)C1CCS(=O)(=O)C1. The van der Waals surface area contributed by atoms with E-state index in [0.29, 0.717) is 25.2 Å². The summed E-state index contributed by atoms with van der Waals surface area (Å²) < 4.78 is 23.4. The molecule has 10 heteroatoms. The summed E-state index contributed by atoms with van der Waals surface area (Å²) in [5.41, 5.74) is 1.43. The number of nitrogens with zero attached hydrogens (tertiary/aromatic N) is 2. The second-order valence-electron chi connectivity index (χ2n) is 8.04. The first-order valence-corrected chi connectivity index (χ1v) is 11.3. The molecule has 2 saturated heterocycles. The van der Waals surface area contributed by atoms with E-state index in [0.717, 1.165) is 17.9 Å². The van der Waals surface area contributed by atoms with Crippen LogP contribution in [-0.4, -0.2) is 72.3 Å². The first-order valence-electron chi connectivity index (χ1n) is 9.50. The zero-order valence-corrected chi connectivity index (χ0v) is 16.8. The molecule has 2 N–H and O–H groups in total. The number of urea groups is 1. The minimum Gasteiger partial charge on any atom is -0.322 e. The maximum atomic E-state index is 12.8. The smallest absolute Gasteiger partial charge is 0.322 e. The van der Waals surface area contributed by atoms with Crippen LogP contribution in [0, 0.1) is 18.3 Å². The van der Waals surface area contributed by atoms with Gasteiger partial charge < -0.3 is 5.32 Å². The highest BCUT2D eigenvalue weighted by atomic mass is 32.2. The van der Waals surface area contributed by atoms with Gasteiger partial charge in [0.05, 0.1) is 24.6 Å². The molecule has 3 rings (SSSR count). The minimum atomic E-state index is -3.13. The van der Waals surface area contributed by atoms with Crippen molar-refractivity contribution in [2.24, 2.45) is 5.92 Å². The minimum absolute atomic E-state index is 0.0492. The Kier molecular flexibility index (Phi) is 5.68. The molecule has 1 spiro atoms. The zero-order valence-electron chi connectivity index (χ0n) is 15.9. The molecule has 3 aliphatic rings.